The highest BCUT2D eigenvalue weighted by Gasteiger charge is 2.16. The molecule has 0 atom stereocenters. The van der Waals surface area contributed by atoms with Crippen LogP contribution >= 0.6 is 15.9 Å². The van der Waals surface area contributed by atoms with Gasteiger partial charge < -0.3 is 5.32 Å². The highest BCUT2D eigenvalue weighted by atomic mass is 79.9. The Bertz CT molecular complexity index is 474. The van der Waals surface area contributed by atoms with Gasteiger partial charge in [-0.3, -0.25) is 0 Å². The Morgan fingerprint density at radius 3 is 2.59 bits per heavy atom. The molecule has 0 bridgehead atoms. The van der Waals surface area contributed by atoms with E-state index in [9.17, 15) is 8.42 Å². The number of nitrogens with one attached hydrogen (secondary N) is 2. The molecule has 0 heterocycles. The summed E-state index contributed by atoms with van der Waals surface area (Å²) >= 11 is 3.30. The van der Waals surface area contributed by atoms with Gasteiger partial charge in [-0.15, -0.1) is 0 Å². The molecule has 0 spiro atoms. The van der Waals surface area contributed by atoms with Crippen molar-refractivity contribution >= 4 is 26.0 Å². The van der Waals surface area contributed by atoms with Crippen LogP contribution in [0.3, 0.4) is 0 Å². The number of benzene rings is 1. The zero-order valence-electron chi connectivity index (χ0n) is 9.96. The summed E-state index contributed by atoms with van der Waals surface area (Å²) in [5.74, 6) is 0. The summed E-state index contributed by atoms with van der Waals surface area (Å²) in [7, 11) is -1.55. The van der Waals surface area contributed by atoms with Crippen LogP contribution in [0.25, 0.3) is 0 Å². The largest absolute Gasteiger partial charge is 0.316 e. The molecular formula is C11H17BrN2O2S. The van der Waals surface area contributed by atoms with Crippen molar-refractivity contribution in [1.29, 1.82) is 0 Å². The normalized spacial score (nSPS) is 11.7. The summed E-state index contributed by atoms with van der Waals surface area (Å²) in [6.45, 7) is 3.09. The summed E-state index contributed by atoms with van der Waals surface area (Å²) < 4.78 is 27.0. The molecule has 0 radical (unpaired) electrons. The fourth-order valence-corrected chi connectivity index (χ4v) is 3.65. The smallest absolute Gasteiger partial charge is 0.241 e. The third kappa shape index (κ3) is 4.06. The zero-order chi connectivity index (χ0) is 12.9. The second kappa shape index (κ2) is 6.49. The zero-order valence-corrected chi connectivity index (χ0v) is 12.4. The van der Waals surface area contributed by atoms with Gasteiger partial charge in [-0.2, -0.15) is 0 Å². The Balaban J connectivity index is 2.99. The van der Waals surface area contributed by atoms with E-state index in [0.29, 0.717) is 17.6 Å². The maximum atomic E-state index is 11.9. The number of hydrogen-bond acceptors (Lipinski definition) is 3. The molecule has 1 aromatic rings. The molecule has 0 saturated heterocycles. The molecule has 17 heavy (non-hydrogen) atoms. The molecule has 0 amide bonds. The first kappa shape index (κ1) is 14.6. The van der Waals surface area contributed by atoms with Gasteiger partial charge >= 0.3 is 0 Å². The van der Waals surface area contributed by atoms with E-state index in [2.05, 4.69) is 26.0 Å². The molecule has 4 nitrogen and oxygen atoms in total. The molecular weight excluding hydrogens is 304 g/mol. The minimum atomic E-state index is -3.40. The number of rotatable bonds is 6. The van der Waals surface area contributed by atoms with Gasteiger partial charge in [-0.05, 0) is 47.1 Å². The number of halogens is 1. The van der Waals surface area contributed by atoms with Crippen molar-refractivity contribution in [3.63, 3.8) is 0 Å². The van der Waals surface area contributed by atoms with Gasteiger partial charge in [0.25, 0.3) is 0 Å². The molecule has 1 rings (SSSR count). The van der Waals surface area contributed by atoms with Gasteiger partial charge in [-0.25, -0.2) is 13.1 Å². The maximum absolute atomic E-state index is 11.9. The average Bonchev–Trinajstić information content (AvgIpc) is 2.26. The van der Waals surface area contributed by atoms with Gasteiger partial charge in [0.1, 0.15) is 0 Å². The van der Waals surface area contributed by atoms with Crippen LogP contribution < -0.4 is 10.0 Å². The second-order valence-electron chi connectivity index (χ2n) is 3.69. The van der Waals surface area contributed by atoms with E-state index in [1.54, 1.807) is 6.07 Å². The Hall–Kier alpha value is -0.430. The lowest BCUT2D eigenvalue weighted by molar-refractivity contribution is 0.580. The first-order valence-electron chi connectivity index (χ1n) is 5.44. The summed E-state index contributed by atoms with van der Waals surface area (Å²) in [5, 5.41) is 3.02. The highest BCUT2D eigenvalue weighted by Crippen LogP contribution is 2.23. The molecule has 2 N–H and O–H groups in total. The lowest BCUT2D eigenvalue weighted by Crippen LogP contribution is -2.24. The summed E-state index contributed by atoms with van der Waals surface area (Å²) in [6, 6.07) is 5.24. The van der Waals surface area contributed by atoms with E-state index in [0.717, 1.165) is 12.0 Å². The Morgan fingerprint density at radius 2 is 2.06 bits per heavy atom. The van der Waals surface area contributed by atoms with Crippen molar-refractivity contribution in [3.8, 4) is 0 Å². The molecule has 0 aliphatic carbocycles. The second-order valence-corrected chi connectivity index (χ2v) is 6.28. The van der Waals surface area contributed by atoms with Crippen molar-refractivity contribution in [2.75, 3.05) is 13.6 Å². The molecule has 0 unspecified atom stereocenters. The molecule has 0 aromatic heterocycles. The van der Waals surface area contributed by atoms with Crippen LogP contribution in [0, 0.1) is 0 Å². The van der Waals surface area contributed by atoms with Crippen molar-refractivity contribution < 1.29 is 8.42 Å². The van der Waals surface area contributed by atoms with Crippen molar-refractivity contribution in [1.82, 2.24) is 10.0 Å². The van der Waals surface area contributed by atoms with Crippen molar-refractivity contribution in [2.24, 2.45) is 0 Å². The fraction of sp³-hybridized carbons (Fsp3) is 0.455. The standard InChI is InChI=1S/C11H17BrN2O2S/c1-3-6-14-17(15,16)11-5-4-9(8-13-2)7-10(11)12/h4-5,7,13-14H,3,6,8H2,1-2H3. The minimum absolute atomic E-state index is 0.283. The molecule has 96 valence electrons. The minimum Gasteiger partial charge on any atom is -0.316 e. The molecule has 1 aromatic carbocycles. The van der Waals surface area contributed by atoms with Crippen LogP contribution in [0.5, 0.6) is 0 Å². The van der Waals surface area contributed by atoms with Crippen LogP contribution in [0.2, 0.25) is 0 Å². The van der Waals surface area contributed by atoms with E-state index in [-0.39, 0.29) is 4.90 Å². The molecule has 6 heteroatoms. The molecule has 0 aliphatic heterocycles. The number of sulfonamides is 1. The van der Waals surface area contributed by atoms with E-state index in [1.807, 2.05) is 26.1 Å². The lowest BCUT2D eigenvalue weighted by atomic mass is 10.2. The predicted octanol–water partition coefficient (Wildman–Crippen LogP) is 1.86. The topological polar surface area (TPSA) is 58.2 Å². The van der Waals surface area contributed by atoms with Gasteiger partial charge in [0.2, 0.25) is 10.0 Å². The predicted molar refractivity (Wildman–Crippen MR) is 72.4 cm³/mol. The third-order valence-electron chi connectivity index (χ3n) is 2.21. The van der Waals surface area contributed by atoms with Crippen LogP contribution in [0.4, 0.5) is 0 Å². The van der Waals surface area contributed by atoms with Crippen molar-refractivity contribution in [2.45, 2.75) is 24.8 Å². The summed E-state index contributed by atoms with van der Waals surface area (Å²) in [4.78, 5) is 0.283. The van der Waals surface area contributed by atoms with Gasteiger partial charge in [0.15, 0.2) is 0 Å². The Morgan fingerprint density at radius 1 is 1.35 bits per heavy atom. The van der Waals surface area contributed by atoms with Crippen LogP contribution in [-0.2, 0) is 16.6 Å². The van der Waals surface area contributed by atoms with Crippen LogP contribution in [0.1, 0.15) is 18.9 Å². The fourth-order valence-electron chi connectivity index (χ4n) is 1.39. The van der Waals surface area contributed by atoms with E-state index in [1.165, 1.54) is 0 Å². The lowest BCUT2D eigenvalue weighted by Gasteiger charge is -2.09. The first-order chi connectivity index (χ1) is 8.01. The van der Waals surface area contributed by atoms with Gasteiger partial charge in [0.05, 0.1) is 4.90 Å². The van der Waals surface area contributed by atoms with Crippen LogP contribution in [0.15, 0.2) is 27.6 Å². The van der Waals surface area contributed by atoms with Crippen molar-refractivity contribution in [3.05, 3.63) is 28.2 Å². The third-order valence-corrected chi connectivity index (χ3v) is 4.65. The van der Waals surface area contributed by atoms with Gasteiger partial charge in [-0.1, -0.05) is 13.0 Å². The quantitative estimate of drug-likeness (QED) is 0.841. The molecule has 0 fully saturated rings. The maximum Gasteiger partial charge on any atom is 0.241 e. The van der Waals surface area contributed by atoms with E-state index < -0.39 is 10.0 Å². The summed E-state index contributed by atoms with van der Waals surface area (Å²) in [5.41, 5.74) is 1.04. The molecule has 0 saturated carbocycles. The van der Waals surface area contributed by atoms with E-state index >= 15 is 0 Å². The molecule has 0 aliphatic rings. The average molecular weight is 321 g/mol. The van der Waals surface area contributed by atoms with E-state index in [4.69, 9.17) is 0 Å². The Labute approximate surface area is 111 Å². The monoisotopic (exact) mass is 320 g/mol. The number of hydrogen-bond donors (Lipinski definition) is 2. The Kier molecular flexibility index (Phi) is 5.58. The first-order valence-corrected chi connectivity index (χ1v) is 7.71. The van der Waals surface area contributed by atoms with Crippen LogP contribution in [-0.4, -0.2) is 22.0 Å². The highest BCUT2D eigenvalue weighted by molar-refractivity contribution is 9.10. The van der Waals surface area contributed by atoms with Gasteiger partial charge in [0, 0.05) is 17.6 Å². The SMILES string of the molecule is CCCNS(=O)(=O)c1ccc(CNC)cc1Br. The summed E-state index contributed by atoms with van der Waals surface area (Å²) in [6.07, 6.45) is 0.773.